The Morgan fingerprint density at radius 1 is 0.347 bits per heavy atom. The molecule has 10 N–H and O–H groups in total. The number of aliphatic hydroxyl groups excluding tert-OH is 9. The van der Waals surface area contributed by atoms with E-state index in [1.165, 1.54) is 199 Å². The second kappa shape index (κ2) is 73.0. The molecule has 19 atom stereocenters. The number of carbonyl (C=O) groups excluding carboxylic acids is 4. The van der Waals surface area contributed by atoms with Crippen LogP contribution < -0.4 is 0 Å². The number of ether oxygens (including phenoxy) is 8. The van der Waals surface area contributed by atoms with Gasteiger partial charge in [0, 0.05) is 25.7 Å². The van der Waals surface area contributed by atoms with Crippen molar-refractivity contribution in [2.45, 2.75) is 537 Å². The molecule has 712 valence electrons. The molecule has 121 heavy (non-hydrogen) atoms. The fourth-order valence-corrected chi connectivity index (χ4v) is 17.5. The highest BCUT2D eigenvalue weighted by molar-refractivity contribution is 7.47. The van der Waals surface area contributed by atoms with Crippen molar-refractivity contribution in [3.05, 3.63) is 12.2 Å². The van der Waals surface area contributed by atoms with Crippen LogP contribution in [0.5, 0.6) is 0 Å². The normalized spacial score (nSPS) is 24.9. The highest BCUT2D eigenvalue weighted by Gasteiger charge is 2.60. The minimum atomic E-state index is -5.81. The lowest BCUT2D eigenvalue weighted by molar-refractivity contribution is -0.360. The minimum Gasteiger partial charge on any atom is -0.463 e. The Labute approximate surface area is 731 Å². The maximum atomic E-state index is 14.9. The molecule has 2 aliphatic heterocycles. The van der Waals surface area contributed by atoms with E-state index in [1.54, 1.807) is 0 Å². The van der Waals surface area contributed by atoms with E-state index in [4.69, 9.17) is 46.9 Å². The van der Waals surface area contributed by atoms with Crippen LogP contribution in [-0.2, 0) is 70.7 Å². The molecule has 0 aromatic heterocycles. The number of aliphatic hydroxyl groups is 9. The Morgan fingerprint density at radius 2 is 0.669 bits per heavy atom. The number of allylic oxidation sites excluding steroid dienone is 2. The first-order valence-electron chi connectivity index (χ1n) is 49.3. The molecule has 0 aromatic carbocycles. The Balaban J connectivity index is 1.91. The van der Waals surface area contributed by atoms with Crippen molar-refractivity contribution in [1.29, 1.82) is 0 Å². The van der Waals surface area contributed by atoms with E-state index >= 15 is 0 Å². The van der Waals surface area contributed by atoms with Crippen LogP contribution in [0.15, 0.2) is 12.2 Å². The van der Waals surface area contributed by atoms with Crippen LogP contribution in [0.3, 0.4) is 0 Å². The molecule has 3 fully saturated rings. The van der Waals surface area contributed by atoms with Gasteiger partial charge in [0.05, 0.1) is 13.2 Å². The summed E-state index contributed by atoms with van der Waals surface area (Å²) in [4.78, 5) is 66.7. The van der Waals surface area contributed by atoms with Gasteiger partial charge >= 0.3 is 31.7 Å². The van der Waals surface area contributed by atoms with Crippen LogP contribution in [-0.4, -0.2) is 205 Å². The zero-order chi connectivity index (χ0) is 88.4. The average molecular weight is 1750 g/mol. The minimum absolute atomic E-state index is 0.0155. The Kier molecular flexibility index (Phi) is 67.8. The molecule has 2 saturated heterocycles. The van der Waals surface area contributed by atoms with Gasteiger partial charge in [-0.25, -0.2) is 4.57 Å². The summed E-state index contributed by atoms with van der Waals surface area (Å²) in [7, 11) is -5.81. The van der Waals surface area contributed by atoms with Crippen LogP contribution in [0, 0.1) is 5.92 Å². The van der Waals surface area contributed by atoms with Gasteiger partial charge in [-0.3, -0.25) is 28.2 Å². The summed E-state index contributed by atoms with van der Waals surface area (Å²) in [6.45, 7) is 7.96. The zero-order valence-corrected chi connectivity index (χ0v) is 77.2. The first-order valence-corrected chi connectivity index (χ1v) is 50.8. The molecule has 0 aromatic rings. The smallest absolute Gasteiger partial charge is 0.463 e. The number of carbonyl (C=O) groups is 4. The lowest BCUT2D eigenvalue weighted by atomic mass is 9.84. The third-order valence-corrected chi connectivity index (χ3v) is 25.4. The molecule has 0 spiro atoms. The predicted molar refractivity (Wildman–Crippen MR) is 472 cm³/mol. The van der Waals surface area contributed by atoms with Crippen LogP contribution in [0.4, 0.5) is 0 Å². The maximum Gasteiger partial charge on any atom is 0.472 e. The molecule has 0 radical (unpaired) electrons. The van der Waals surface area contributed by atoms with E-state index in [1.807, 2.05) is 0 Å². The lowest BCUT2D eigenvalue weighted by Crippen LogP contribution is -2.70. The standard InChI is InChI=1S/C95H177O25P/c1-6-10-14-18-22-25-28-31-34-37-40-42-45-48-56-62-68-80(99)114-75(71-111-78(97)66-60-54-47-44-41-38-35-32-29-26-23-19-15-11-7-2)72-113-121(109,110)120-93-91(118-94-88(107)84(103)82(101)76(70-96)115-94)87(106)86(105)90(117-81(100)69-63-57-49-46-43-39-36-33-30-27-24-20-16-12-8-3)92(93)119-95-89(108)85(104)83(102)77(116-95)73-112-79(98)67-61-55-51-50-53-59-65-74(5)64-58-52-21-17-13-9-4/h27,30,74-77,82-96,101-108H,6-26,28-29,31-73H2,1-5H3,(H,109,110)/b30-27-. The third-order valence-electron chi connectivity index (χ3n) is 24.4. The Bertz CT molecular complexity index is 2570. The van der Waals surface area contributed by atoms with Crippen LogP contribution in [0.2, 0.25) is 0 Å². The Hall–Kier alpha value is -2.79. The van der Waals surface area contributed by atoms with E-state index in [2.05, 4.69) is 46.8 Å². The molecule has 0 bridgehead atoms. The fraction of sp³-hybridized carbons (Fsp3) is 0.937. The number of phosphoric ester groups is 1. The van der Waals surface area contributed by atoms with Gasteiger partial charge in [0.2, 0.25) is 0 Å². The zero-order valence-electron chi connectivity index (χ0n) is 76.3. The van der Waals surface area contributed by atoms with Gasteiger partial charge in [0.1, 0.15) is 92.6 Å². The summed E-state index contributed by atoms with van der Waals surface area (Å²) in [5, 5.41) is 103. The number of unbranched alkanes of at least 4 members (excludes halogenated alkanes) is 50. The maximum absolute atomic E-state index is 14.9. The van der Waals surface area contributed by atoms with E-state index in [0.717, 1.165) is 141 Å². The molecule has 2 heterocycles. The quantitative estimate of drug-likeness (QED) is 0.00889. The van der Waals surface area contributed by atoms with Crippen molar-refractivity contribution >= 4 is 31.7 Å². The predicted octanol–water partition coefficient (Wildman–Crippen LogP) is 19.0. The molecule has 3 rings (SSSR count). The molecular weight excluding hydrogens is 1570 g/mol. The summed E-state index contributed by atoms with van der Waals surface area (Å²) in [5.74, 6) is -2.27. The lowest BCUT2D eigenvalue weighted by Gasteiger charge is -2.50. The van der Waals surface area contributed by atoms with Crippen molar-refractivity contribution < 1.29 is 122 Å². The van der Waals surface area contributed by atoms with Gasteiger partial charge < -0.3 is 88.7 Å². The van der Waals surface area contributed by atoms with Crippen molar-refractivity contribution in [2.75, 3.05) is 26.4 Å². The largest absolute Gasteiger partial charge is 0.472 e. The average Bonchev–Trinajstić information content (AvgIpc) is 0.754. The molecule has 26 heteroatoms. The number of esters is 4. The first kappa shape index (κ1) is 112. The van der Waals surface area contributed by atoms with Crippen molar-refractivity contribution in [3.63, 3.8) is 0 Å². The third kappa shape index (κ3) is 53.1. The number of hydrogen-bond acceptors (Lipinski definition) is 24. The van der Waals surface area contributed by atoms with Crippen LogP contribution >= 0.6 is 7.82 Å². The summed E-state index contributed by atoms with van der Waals surface area (Å²) < 4.78 is 73.6. The molecule has 19 unspecified atom stereocenters. The van der Waals surface area contributed by atoms with E-state index < -0.39 is 162 Å². The monoisotopic (exact) mass is 1750 g/mol. The SMILES string of the molecule is CCCCCC/C=C\CCCCCCCCCC(=O)OC1C(O)C(O)C(OC2OC(CO)C(O)C(O)C2O)C(OP(=O)(O)OCC(COC(=O)CCCCCCCCCCCCCCCCC)OC(=O)CCCCCCCCCCCCCCCCCC)C1OC1OC(COC(=O)CCCCCCCCC(C)CCCCCCCC)C(O)C(O)C1O. The second-order valence-electron chi connectivity index (χ2n) is 35.6. The number of phosphoric acid groups is 1. The highest BCUT2D eigenvalue weighted by Crippen LogP contribution is 2.49. The second-order valence-corrected chi connectivity index (χ2v) is 37.0. The van der Waals surface area contributed by atoms with Crippen LogP contribution in [0.25, 0.3) is 0 Å². The van der Waals surface area contributed by atoms with Gasteiger partial charge in [-0.2, -0.15) is 0 Å². The first-order chi connectivity index (χ1) is 58.6. The molecule has 1 saturated carbocycles. The highest BCUT2D eigenvalue weighted by atomic mass is 31.2. The topological polar surface area (TPSA) is 380 Å². The molecule has 0 amide bonds. The molecule has 25 nitrogen and oxygen atoms in total. The van der Waals surface area contributed by atoms with Gasteiger partial charge in [0.25, 0.3) is 0 Å². The van der Waals surface area contributed by atoms with E-state index in [-0.39, 0.29) is 25.7 Å². The van der Waals surface area contributed by atoms with Gasteiger partial charge in [0.15, 0.2) is 24.8 Å². The molecular formula is C95H177O25P. The summed E-state index contributed by atoms with van der Waals surface area (Å²) in [6.07, 6.45) is 31.8. The van der Waals surface area contributed by atoms with Crippen molar-refractivity contribution in [3.8, 4) is 0 Å². The fourth-order valence-electron chi connectivity index (χ4n) is 16.5. The summed E-state index contributed by atoms with van der Waals surface area (Å²) in [6, 6.07) is 0. The van der Waals surface area contributed by atoms with Crippen molar-refractivity contribution in [2.24, 2.45) is 5.92 Å². The van der Waals surface area contributed by atoms with Gasteiger partial charge in [-0.15, -0.1) is 0 Å². The van der Waals surface area contributed by atoms with Crippen LogP contribution in [0.1, 0.15) is 433 Å². The summed E-state index contributed by atoms with van der Waals surface area (Å²) >= 11 is 0. The Morgan fingerprint density at radius 3 is 1.07 bits per heavy atom. The summed E-state index contributed by atoms with van der Waals surface area (Å²) in [5.41, 5.74) is 0. The van der Waals surface area contributed by atoms with Crippen molar-refractivity contribution in [1.82, 2.24) is 0 Å². The van der Waals surface area contributed by atoms with E-state index in [0.29, 0.717) is 38.0 Å². The molecule has 3 aliphatic rings. The van der Waals surface area contributed by atoms with E-state index in [9.17, 15) is 74.6 Å². The number of rotatable bonds is 80. The van der Waals surface area contributed by atoms with Gasteiger partial charge in [-0.1, -0.05) is 368 Å². The van der Waals surface area contributed by atoms with Gasteiger partial charge in [-0.05, 0) is 57.3 Å². The molecule has 1 aliphatic carbocycles. The number of hydrogen-bond donors (Lipinski definition) is 10.